The number of nitrogens with one attached hydrogen (secondary N) is 1. The fraction of sp³-hybridized carbons (Fsp3) is 0.684. The molecule has 1 saturated heterocycles. The van der Waals surface area contributed by atoms with Gasteiger partial charge in [0.15, 0.2) is 0 Å². The van der Waals surface area contributed by atoms with Crippen LogP contribution in [0.5, 0.6) is 0 Å². The molecule has 1 N–H and O–H groups in total. The van der Waals surface area contributed by atoms with Crippen LogP contribution in [-0.2, 0) is 6.42 Å². The highest BCUT2D eigenvalue weighted by molar-refractivity contribution is 5.25. The lowest BCUT2D eigenvalue weighted by atomic mass is 9.98. The molecule has 2 nitrogen and oxygen atoms in total. The molecular weight excluding hydrogens is 256 g/mol. The Labute approximate surface area is 130 Å². The Hall–Kier alpha value is -0.860. The number of likely N-dealkylation sites (N-methyl/N-ethyl adjacent to an activating group) is 1. The molecule has 0 spiro atoms. The van der Waals surface area contributed by atoms with Crippen LogP contribution in [0.3, 0.4) is 0 Å². The summed E-state index contributed by atoms with van der Waals surface area (Å²) >= 11 is 0. The Morgan fingerprint density at radius 2 is 1.90 bits per heavy atom. The van der Waals surface area contributed by atoms with Crippen molar-refractivity contribution < 1.29 is 0 Å². The monoisotopic (exact) mass is 288 g/mol. The highest BCUT2D eigenvalue weighted by Gasteiger charge is 2.20. The van der Waals surface area contributed by atoms with E-state index in [-0.39, 0.29) is 0 Å². The van der Waals surface area contributed by atoms with Crippen LogP contribution in [0.2, 0.25) is 0 Å². The van der Waals surface area contributed by atoms with E-state index in [1.807, 2.05) is 0 Å². The molecule has 2 rings (SSSR count). The minimum Gasteiger partial charge on any atom is -0.306 e. The van der Waals surface area contributed by atoms with Gasteiger partial charge in [0.1, 0.15) is 0 Å². The second kappa shape index (κ2) is 7.95. The minimum absolute atomic E-state index is 0.444. The third kappa shape index (κ3) is 5.12. The van der Waals surface area contributed by atoms with Gasteiger partial charge in [0, 0.05) is 18.6 Å². The van der Waals surface area contributed by atoms with Gasteiger partial charge in [-0.3, -0.25) is 0 Å². The fourth-order valence-electron chi connectivity index (χ4n) is 3.34. The van der Waals surface area contributed by atoms with Crippen molar-refractivity contribution in [2.24, 2.45) is 5.92 Å². The van der Waals surface area contributed by atoms with Crippen molar-refractivity contribution in [1.29, 1.82) is 0 Å². The van der Waals surface area contributed by atoms with Crippen molar-refractivity contribution in [3.8, 4) is 0 Å². The van der Waals surface area contributed by atoms with Crippen LogP contribution in [0.4, 0.5) is 0 Å². The third-order valence-electron chi connectivity index (χ3n) is 4.56. The number of hydrogen-bond acceptors (Lipinski definition) is 2. The smallest absolute Gasteiger partial charge is 0.0294 e. The van der Waals surface area contributed by atoms with Gasteiger partial charge in [-0.25, -0.2) is 0 Å². The first-order chi connectivity index (χ1) is 10.1. The van der Waals surface area contributed by atoms with Gasteiger partial charge in [0.05, 0.1) is 0 Å². The Kier molecular flexibility index (Phi) is 6.25. The lowest BCUT2D eigenvalue weighted by Gasteiger charge is -2.34. The zero-order valence-corrected chi connectivity index (χ0v) is 14.2. The fourth-order valence-corrected chi connectivity index (χ4v) is 3.34. The van der Waals surface area contributed by atoms with E-state index in [1.165, 1.54) is 50.0 Å². The summed E-state index contributed by atoms with van der Waals surface area (Å²) in [6.07, 6.45) is 3.81. The molecule has 1 aliphatic heterocycles. The van der Waals surface area contributed by atoms with E-state index < -0.39 is 0 Å². The highest BCUT2D eigenvalue weighted by Crippen LogP contribution is 2.18. The standard InChI is InChI=1S/C19H32N2/c1-5-21-12-6-7-19(14-21)20-16(4)18-10-8-17(9-11-18)13-15(2)3/h8-11,15-16,19-20H,5-7,12-14H2,1-4H3. The summed E-state index contributed by atoms with van der Waals surface area (Å²) in [4.78, 5) is 2.56. The topological polar surface area (TPSA) is 15.3 Å². The van der Waals surface area contributed by atoms with Crippen molar-refractivity contribution in [2.45, 2.75) is 59.0 Å². The van der Waals surface area contributed by atoms with E-state index in [2.05, 4.69) is 62.2 Å². The summed E-state index contributed by atoms with van der Waals surface area (Å²) in [7, 11) is 0. The molecule has 2 atom stereocenters. The lowest BCUT2D eigenvalue weighted by molar-refractivity contribution is 0.192. The molecule has 0 aromatic heterocycles. The summed E-state index contributed by atoms with van der Waals surface area (Å²) < 4.78 is 0. The van der Waals surface area contributed by atoms with Crippen LogP contribution in [0.25, 0.3) is 0 Å². The number of likely N-dealkylation sites (tertiary alicyclic amines) is 1. The van der Waals surface area contributed by atoms with Crippen molar-refractivity contribution in [2.75, 3.05) is 19.6 Å². The molecule has 0 bridgehead atoms. The first-order valence-corrected chi connectivity index (χ1v) is 8.65. The maximum Gasteiger partial charge on any atom is 0.0294 e. The zero-order chi connectivity index (χ0) is 15.2. The second-order valence-corrected chi connectivity index (χ2v) is 6.96. The Balaban J connectivity index is 1.89. The molecule has 1 aromatic carbocycles. The molecule has 0 aliphatic carbocycles. The molecule has 0 radical (unpaired) electrons. The largest absolute Gasteiger partial charge is 0.306 e. The predicted octanol–water partition coefficient (Wildman–Crippen LogP) is 4.02. The molecule has 1 heterocycles. The average Bonchev–Trinajstić information content (AvgIpc) is 2.47. The van der Waals surface area contributed by atoms with Gasteiger partial charge in [0.2, 0.25) is 0 Å². The molecule has 0 saturated carbocycles. The SMILES string of the molecule is CCN1CCCC(NC(C)c2ccc(CC(C)C)cc2)C1. The van der Waals surface area contributed by atoms with E-state index in [4.69, 9.17) is 0 Å². The highest BCUT2D eigenvalue weighted by atomic mass is 15.2. The van der Waals surface area contributed by atoms with Crippen molar-refractivity contribution >= 4 is 0 Å². The maximum absolute atomic E-state index is 3.82. The van der Waals surface area contributed by atoms with E-state index in [0.29, 0.717) is 12.1 Å². The quantitative estimate of drug-likeness (QED) is 0.850. The minimum atomic E-state index is 0.444. The predicted molar refractivity (Wildman–Crippen MR) is 91.7 cm³/mol. The van der Waals surface area contributed by atoms with Gasteiger partial charge in [-0.05, 0) is 56.3 Å². The Morgan fingerprint density at radius 3 is 2.52 bits per heavy atom. The van der Waals surface area contributed by atoms with Gasteiger partial charge < -0.3 is 10.2 Å². The van der Waals surface area contributed by atoms with Crippen molar-refractivity contribution in [3.05, 3.63) is 35.4 Å². The van der Waals surface area contributed by atoms with Crippen LogP contribution >= 0.6 is 0 Å². The first-order valence-electron chi connectivity index (χ1n) is 8.65. The summed E-state index contributed by atoms with van der Waals surface area (Å²) in [5, 5.41) is 3.82. The second-order valence-electron chi connectivity index (χ2n) is 6.96. The van der Waals surface area contributed by atoms with Gasteiger partial charge in [0.25, 0.3) is 0 Å². The van der Waals surface area contributed by atoms with Gasteiger partial charge >= 0.3 is 0 Å². The lowest BCUT2D eigenvalue weighted by Crippen LogP contribution is -2.46. The molecule has 2 heteroatoms. The van der Waals surface area contributed by atoms with Gasteiger partial charge in [-0.2, -0.15) is 0 Å². The Morgan fingerprint density at radius 1 is 1.19 bits per heavy atom. The maximum atomic E-state index is 3.82. The molecule has 1 aliphatic rings. The van der Waals surface area contributed by atoms with E-state index in [0.717, 1.165) is 5.92 Å². The van der Waals surface area contributed by atoms with Crippen LogP contribution in [-0.4, -0.2) is 30.6 Å². The summed E-state index contributed by atoms with van der Waals surface area (Å²) in [5.41, 5.74) is 2.87. The van der Waals surface area contributed by atoms with Crippen molar-refractivity contribution in [1.82, 2.24) is 10.2 Å². The van der Waals surface area contributed by atoms with Crippen LogP contribution in [0.1, 0.15) is 57.7 Å². The molecule has 1 aromatic rings. The Bertz CT molecular complexity index is 410. The molecule has 1 fully saturated rings. The summed E-state index contributed by atoms with van der Waals surface area (Å²) in [6, 6.07) is 10.3. The third-order valence-corrected chi connectivity index (χ3v) is 4.56. The van der Waals surface area contributed by atoms with Crippen LogP contribution in [0.15, 0.2) is 24.3 Å². The van der Waals surface area contributed by atoms with Crippen LogP contribution < -0.4 is 5.32 Å². The molecule has 118 valence electrons. The number of rotatable bonds is 6. The van der Waals surface area contributed by atoms with E-state index >= 15 is 0 Å². The van der Waals surface area contributed by atoms with Crippen molar-refractivity contribution in [3.63, 3.8) is 0 Å². The van der Waals surface area contributed by atoms with Gasteiger partial charge in [-0.15, -0.1) is 0 Å². The van der Waals surface area contributed by atoms with E-state index in [1.54, 1.807) is 0 Å². The summed E-state index contributed by atoms with van der Waals surface area (Å²) in [5.74, 6) is 0.730. The number of hydrogen-bond donors (Lipinski definition) is 1. The average molecular weight is 288 g/mol. The number of benzene rings is 1. The summed E-state index contributed by atoms with van der Waals surface area (Å²) in [6.45, 7) is 12.8. The number of nitrogens with zero attached hydrogens (tertiary/aromatic N) is 1. The molecule has 0 amide bonds. The first kappa shape index (κ1) is 16.5. The van der Waals surface area contributed by atoms with Crippen LogP contribution in [0, 0.1) is 5.92 Å². The zero-order valence-electron chi connectivity index (χ0n) is 14.2. The van der Waals surface area contributed by atoms with Gasteiger partial charge in [-0.1, -0.05) is 45.0 Å². The van der Waals surface area contributed by atoms with E-state index in [9.17, 15) is 0 Å². The molecule has 21 heavy (non-hydrogen) atoms. The molecule has 2 unspecified atom stereocenters. The normalized spacial score (nSPS) is 21.7. The number of piperidine rings is 1. The molecular formula is C19H32N2.